The van der Waals surface area contributed by atoms with Crippen LogP contribution in [0.4, 0.5) is 4.39 Å². The maximum absolute atomic E-state index is 13.0. The van der Waals surface area contributed by atoms with Gasteiger partial charge in [0.25, 0.3) is 17.7 Å². The van der Waals surface area contributed by atoms with E-state index in [4.69, 9.17) is 4.52 Å². The van der Waals surface area contributed by atoms with Gasteiger partial charge >= 0.3 is 0 Å². The highest BCUT2D eigenvalue weighted by atomic mass is 19.1. The van der Waals surface area contributed by atoms with E-state index in [0.29, 0.717) is 48.8 Å². The van der Waals surface area contributed by atoms with Gasteiger partial charge in [-0.3, -0.25) is 9.59 Å². The summed E-state index contributed by atoms with van der Waals surface area (Å²) in [5.41, 5.74) is 1.77. The summed E-state index contributed by atoms with van der Waals surface area (Å²) in [5, 5.41) is 6.73. The van der Waals surface area contributed by atoms with Gasteiger partial charge in [0, 0.05) is 35.8 Å². The van der Waals surface area contributed by atoms with Crippen molar-refractivity contribution in [3.05, 3.63) is 71.3 Å². The fourth-order valence-corrected chi connectivity index (χ4v) is 3.45. The molecule has 30 heavy (non-hydrogen) atoms. The first kappa shape index (κ1) is 19.8. The maximum Gasteiger partial charge on any atom is 0.257 e. The molecule has 8 heteroatoms. The number of aryl methyl sites for hydroxylation is 1. The summed E-state index contributed by atoms with van der Waals surface area (Å²) in [6, 6.07) is 12.5. The van der Waals surface area contributed by atoms with Gasteiger partial charge in [-0.05, 0) is 68.3 Å². The highest BCUT2D eigenvalue weighted by Crippen LogP contribution is 2.20. The lowest BCUT2D eigenvalue weighted by Gasteiger charge is -2.32. The molecule has 0 spiro atoms. The summed E-state index contributed by atoms with van der Waals surface area (Å²) in [4.78, 5) is 31.0. The largest absolute Gasteiger partial charge is 0.349 e. The van der Waals surface area contributed by atoms with Gasteiger partial charge in [-0.1, -0.05) is 5.16 Å². The van der Waals surface area contributed by atoms with Gasteiger partial charge in [-0.2, -0.15) is 4.98 Å². The molecule has 154 valence electrons. The number of benzene rings is 2. The van der Waals surface area contributed by atoms with Gasteiger partial charge in [-0.25, -0.2) is 4.39 Å². The van der Waals surface area contributed by atoms with Crippen LogP contribution in [0, 0.1) is 12.7 Å². The van der Waals surface area contributed by atoms with Gasteiger partial charge in [0.1, 0.15) is 5.82 Å². The Morgan fingerprint density at radius 1 is 1.03 bits per heavy atom. The third kappa shape index (κ3) is 4.37. The predicted octanol–water partition coefficient (Wildman–Crippen LogP) is 3.22. The van der Waals surface area contributed by atoms with Crippen LogP contribution in [-0.4, -0.2) is 46.0 Å². The Morgan fingerprint density at radius 3 is 2.27 bits per heavy atom. The number of carbonyl (C=O) groups is 2. The van der Waals surface area contributed by atoms with Crippen LogP contribution in [0.2, 0.25) is 0 Å². The SMILES string of the molecule is Cc1noc(-c2ccc(C(=O)N3CCC(NC(=O)c4ccc(F)cc4)CC3)cc2)n1. The smallest absolute Gasteiger partial charge is 0.257 e. The summed E-state index contributed by atoms with van der Waals surface area (Å²) in [7, 11) is 0. The average Bonchev–Trinajstić information content (AvgIpc) is 3.20. The highest BCUT2D eigenvalue weighted by molar-refractivity contribution is 5.95. The van der Waals surface area contributed by atoms with Gasteiger partial charge in [0.15, 0.2) is 5.82 Å². The topological polar surface area (TPSA) is 88.3 Å². The number of nitrogens with one attached hydrogen (secondary N) is 1. The van der Waals surface area contributed by atoms with Crippen molar-refractivity contribution in [3.8, 4) is 11.5 Å². The van der Waals surface area contributed by atoms with E-state index in [1.54, 1.807) is 36.1 Å². The Bertz CT molecular complexity index is 1040. The third-order valence-electron chi connectivity index (χ3n) is 5.13. The quantitative estimate of drug-likeness (QED) is 0.716. The lowest BCUT2D eigenvalue weighted by atomic mass is 10.0. The van der Waals surface area contributed by atoms with Crippen LogP contribution in [0.3, 0.4) is 0 Å². The van der Waals surface area contributed by atoms with E-state index in [9.17, 15) is 14.0 Å². The standard InChI is InChI=1S/C22H21FN4O3/c1-14-24-21(30-26-14)16-2-4-17(5-3-16)22(29)27-12-10-19(11-13-27)25-20(28)15-6-8-18(23)9-7-15/h2-9,19H,10-13H2,1H3,(H,25,28). The summed E-state index contributed by atoms with van der Waals surface area (Å²) in [6.07, 6.45) is 1.33. The number of carbonyl (C=O) groups excluding carboxylic acids is 2. The minimum Gasteiger partial charge on any atom is -0.349 e. The molecule has 4 rings (SSSR count). The number of halogens is 1. The van der Waals surface area contributed by atoms with Crippen LogP contribution >= 0.6 is 0 Å². The Kier molecular flexibility index (Phi) is 5.56. The molecule has 1 aromatic heterocycles. The molecule has 1 aliphatic rings. The number of hydrogen-bond acceptors (Lipinski definition) is 5. The number of piperidine rings is 1. The van der Waals surface area contributed by atoms with Gasteiger partial charge < -0.3 is 14.7 Å². The highest BCUT2D eigenvalue weighted by Gasteiger charge is 2.25. The van der Waals surface area contributed by atoms with E-state index in [-0.39, 0.29) is 23.7 Å². The zero-order chi connectivity index (χ0) is 21.1. The van der Waals surface area contributed by atoms with E-state index < -0.39 is 0 Å². The monoisotopic (exact) mass is 408 g/mol. The third-order valence-corrected chi connectivity index (χ3v) is 5.13. The fourth-order valence-electron chi connectivity index (χ4n) is 3.45. The molecule has 2 heterocycles. The Hall–Kier alpha value is -3.55. The number of rotatable bonds is 4. The molecule has 0 atom stereocenters. The molecule has 7 nitrogen and oxygen atoms in total. The minimum atomic E-state index is -0.376. The van der Waals surface area contributed by atoms with E-state index in [1.165, 1.54) is 24.3 Å². The van der Waals surface area contributed by atoms with Crippen LogP contribution in [0.15, 0.2) is 53.1 Å². The molecule has 1 N–H and O–H groups in total. The van der Waals surface area contributed by atoms with Crippen LogP contribution in [0.25, 0.3) is 11.5 Å². The summed E-state index contributed by atoms with van der Waals surface area (Å²) in [6.45, 7) is 2.85. The molecule has 2 amide bonds. The first-order chi connectivity index (χ1) is 14.5. The number of likely N-dealkylation sites (tertiary alicyclic amines) is 1. The number of aromatic nitrogens is 2. The van der Waals surface area contributed by atoms with Crippen molar-refractivity contribution in [1.82, 2.24) is 20.4 Å². The van der Waals surface area contributed by atoms with Gasteiger partial charge in [0.2, 0.25) is 0 Å². The van der Waals surface area contributed by atoms with Crippen molar-refractivity contribution in [2.24, 2.45) is 0 Å². The molecule has 0 aliphatic carbocycles. The molecule has 1 saturated heterocycles. The Morgan fingerprint density at radius 2 is 1.67 bits per heavy atom. The first-order valence-corrected chi connectivity index (χ1v) is 9.76. The zero-order valence-electron chi connectivity index (χ0n) is 16.5. The molecule has 0 bridgehead atoms. The van der Waals surface area contributed by atoms with E-state index in [1.807, 2.05) is 0 Å². The summed E-state index contributed by atoms with van der Waals surface area (Å²) >= 11 is 0. The van der Waals surface area contributed by atoms with Crippen molar-refractivity contribution in [1.29, 1.82) is 0 Å². The van der Waals surface area contributed by atoms with E-state index in [2.05, 4.69) is 15.5 Å². The fraction of sp³-hybridized carbons (Fsp3) is 0.273. The van der Waals surface area contributed by atoms with Crippen LogP contribution in [-0.2, 0) is 0 Å². The molecule has 2 aromatic carbocycles. The van der Waals surface area contributed by atoms with Crippen molar-refractivity contribution in [2.45, 2.75) is 25.8 Å². The maximum atomic E-state index is 13.0. The number of amides is 2. The van der Waals surface area contributed by atoms with Crippen molar-refractivity contribution in [3.63, 3.8) is 0 Å². The number of hydrogen-bond donors (Lipinski definition) is 1. The normalized spacial score (nSPS) is 14.5. The molecule has 0 unspecified atom stereocenters. The molecular formula is C22H21FN4O3. The molecule has 1 fully saturated rings. The molecule has 3 aromatic rings. The van der Waals surface area contributed by atoms with Crippen molar-refractivity contribution < 1.29 is 18.5 Å². The molecule has 0 saturated carbocycles. The molecule has 0 radical (unpaired) electrons. The molecular weight excluding hydrogens is 387 g/mol. The first-order valence-electron chi connectivity index (χ1n) is 9.76. The van der Waals surface area contributed by atoms with E-state index >= 15 is 0 Å². The second-order valence-electron chi connectivity index (χ2n) is 7.27. The Labute approximate surface area is 172 Å². The predicted molar refractivity (Wildman–Crippen MR) is 107 cm³/mol. The van der Waals surface area contributed by atoms with Crippen molar-refractivity contribution >= 4 is 11.8 Å². The second kappa shape index (κ2) is 8.44. The van der Waals surface area contributed by atoms with E-state index in [0.717, 1.165) is 5.56 Å². The van der Waals surface area contributed by atoms with Gasteiger partial charge in [0.05, 0.1) is 0 Å². The minimum absolute atomic E-state index is 0.0188. The Balaban J connectivity index is 1.31. The lowest BCUT2D eigenvalue weighted by Crippen LogP contribution is -2.46. The second-order valence-corrected chi connectivity index (χ2v) is 7.27. The average molecular weight is 408 g/mol. The van der Waals surface area contributed by atoms with Crippen LogP contribution in [0.5, 0.6) is 0 Å². The number of nitrogens with zero attached hydrogens (tertiary/aromatic N) is 3. The van der Waals surface area contributed by atoms with Crippen LogP contribution in [0.1, 0.15) is 39.4 Å². The zero-order valence-corrected chi connectivity index (χ0v) is 16.5. The lowest BCUT2D eigenvalue weighted by molar-refractivity contribution is 0.0698. The van der Waals surface area contributed by atoms with Gasteiger partial charge in [-0.15, -0.1) is 0 Å². The summed E-state index contributed by atoms with van der Waals surface area (Å²) < 4.78 is 18.1. The molecule has 1 aliphatic heterocycles. The summed E-state index contributed by atoms with van der Waals surface area (Å²) in [5.74, 6) is 0.320. The van der Waals surface area contributed by atoms with Crippen molar-refractivity contribution in [2.75, 3.05) is 13.1 Å². The van der Waals surface area contributed by atoms with Crippen LogP contribution < -0.4 is 5.32 Å².